The Balaban J connectivity index is 3.53. The molecule has 0 aliphatic carbocycles. The molecule has 1 aromatic heterocycles. The van der Waals surface area contributed by atoms with Crippen LogP contribution in [0.25, 0.3) is 11.1 Å². The van der Waals surface area contributed by atoms with Crippen LogP contribution in [0.5, 0.6) is 0 Å². The Hall–Kier alpha value is -2.56. The SMILES string of the molecule is COC(=O)/C(C#N)=c1/[nH]s/c(=C(/C#N)C(=O)OC)[nH]s1. The molecule has 10 heteroatoms. The van der Waals surface area contributed by atoms with Crippen LogP contribution < -0.4 is 9.33 Å². The minimum atomic E-state index is -0.786. The summed E-state index contributed by atoms with van der Waals surface area (Å²) in [5.74, 6) is -1.57. The number of aromatic nitrogens is 2. The van der Waals surface area contributed by atoms with Crippen molar-refractivity contribution < 1.29 is 19.1 Å². The smallest absolute Gasteiger partial charge is 0.351 e. The standard InChI is InChI=1S/C10H8N4O4S2/c1-17-9(15)5(3-11)7-13-20-8(14-19-7)6(4-12)10(16)18-2/h13-14H,1-2H3/b7-5-,8-6-. The number of hydrogen-bond donors (Lipinski definition) is 2. The number of H-pyrrole nitrogens is 2. The number of nitrogens with zero attached hydrogens (tertiary/aromatic N) is 2. The fourth-order valence-corrected chi connectivity index (χ4v) is 2.66. The lowest BCUT2D eigenvalue weighted by molar-refractivity contribution is -0.134. The number of rotatable bonds is 2. The third-order valence-corrected chi connectivity index (χ3v) is 3.84. The molecule has 8 nitrogen and oxygen atoms in total. The highest BCUT2D eigenvalue weighted by atomic mass is 32.1. The fraction of sp³-hybridized carbons (Fsp3) is 0.200. The Morgan fingerprint density at radius 1 is 0.950 bits per heavy atom. The second-order valence-corrected chi connectivity index (χ2v) is 4.66. The molecule has 20 heavy (non-hydrogen) atoms. The van der Waals surface area contributed by atoms with E-state index in [-0.39, 0.29) is 20.5 Å². The fourth-order valence-electron chi connectivity index (χ4n) is 1.02. The third kappa shape index (κ3) is 3.26. The average Bonchev–Trinajstić information content (AvgIpc) is 2.49. The third-order valence-electron chi connectivity index (χ3n) is 1.95. The molecule has 0 unspecified atom stereocenters. The van der Waals surface area contributed by atoms with Crippen molar-refractivity contribution in [2.24, 2.45) is 0 Å². The van der Waals surface area contributed by atoms with Gasteiger partial charge in [0.2, 0.25) is 0 Å². The summed E-state index contributed by atoms with van der Waals surface area (Å²) >= 11 is 1.75. The van der Waals surface area contributed by atoms with Crippen molar-refractivity contribution in [2.75, 3.05) is 14.2 Å². The molecule has 0 bridgehead atoms. The van der Waals surface area contributed by atoms with Crippen LogP contribution in [-0.2, 0) is 19.1 Å². The quantitative estimate of drug-likeness (QED) is 0.693. The second-order valence-electron chi connectivity index (χ2n) is 3.02. The van der Waals surface area contributed by atoms with Gasteiger partial charge in [0.05, 0.1) is 14.2 Å². The molecular weight excluding hydrogens is 304 g/mol. The molecule has 0 fully saturated rings. The van der Waals surface area contributed by atoms with Gasteiger partial charge in [-0.2, -0.15) is 10.5 Å². The molecule has 2 N–H and O–H groups in total. The van der Waals surface area contributed by atoms with Gasteiger partial charge in [0.15, 0.2) is 11.1 Å². The van der Waals surface area contributed by atoms with E-state index in [9.17, 15) is 9.59 Å². The number of carbonyl (C=O) groups excluding carboxylic acids is 2. The molecule has 104 valence electrons. The second kappa shape index (κ2) is 7.13. The summed E-state index contributed by atoms with van der Waals surface area (Å²) in [6.45, 7) is 0. The molecule has 0 aliphatic rings. The van der Waals surface area contributed by atoms with Gasteiger partial charge in [-0.25, -0.2) is 9.59 Å². The van der Waals surface area contributed by atoms with Gasteiger partial charge >= 0.3 is 11.9 Å². The normalized spacial score (nSPS) is 12.4. The van der Waals surface area contributed by atoms with E-state index in [0.29, 0.717) is 0 Å². The summed E-state index contributed by atoms with van der Waals surface area (Å²) in [6.07, 6.45) is 0. The minimum absolute atomic E-state index is 0.215. The largest absolute Gasteiger partial charge is 0.465 e. The topological polar surface area (TPSA) is 132 Å². The Morgan fingerprint density at radius 2 is 1.30 bits per heavy atom. The maximum absolute atomic E-state index is 11.3. The maximum Gasteiger partial charge on any atom is 0.351 e. The van der Waals surface area contributed by atoms with E-state index < -0.39 is 11.9 Å². The maximum atomic E-state index is 11.3. The van der Waals surface area contributed by atoms with Crippen LogP contribution in [-0.4, -0.2) is 34.9 Å². The Morgan fingerprint density at radius 3 is 1.50 bits per heavy atom. The van der Waals surface area contributed by atoms with Gasteiger partial charge in [-0.3, -0.25) is 8.75 Å². The summed E-state index contributed by atoms with van der Waals surface area (Å²) in [6, 6.07) is 3.42. The number of carbonyl (C=O) groups is 2. The molecule has 0 radical (unpaired) electrons. The van der Waals surface area contributed by atoms with E-state index >= 15 is 0 Å². The van der Waals surface area contributed by atoms with Crippen LogP contribution in [0.15, 0.2) is 0 Å². The predicted octanol–water partition coefficient (Wildman–Crippen LogP) is -0.715. The monoisotopic (exact) mass is 312 g/mol. The molecule has 0 aliphatic heterocycles. The van der Waals surface area contributed by atoms with Crippen molar-refractivity contribution in [3.8, 4) is 12.1 Å². The van der Waals surface area contributed by atoms with Crippen molar-refractivity contribution in [3.05, 3.63) is 9.33 Å². The van der Waals surface area contributed by atoms with Crippen LogP contribution in [0.1, 0.15) is 0 Å². The van der Waals surface area contributed by atoms with Gasteiger partial charge in [0, 0.05) is 0 Å². The molecule has 1 rings (SSSR count). The first-order valence-corrected chi connectivity index (χ1v) is 6.53. The Labute approximate surface area is 120 Å². The predicted molar refractivity (Wildman–Crippen MR) is 69.8 cm³/mol. The van der Waals surface area contributed by atoms with E-state index in [0.717, 1.165) is 37.3 Å². The van der Waals surface area contributed by atoms with E-state index in [1.807, 2.05) is 0 Å². The van der Waals surface area contributed by atoms with Crippen LogP contribution in [0.4, 0.5) is 0 Å². The molecule has 1 heterocycles. The Bertz CT molecular complexity index is 674. The van der Waals surface area contributed by atoms with Crippen LogP contribution >= 0.6 is 23.1 Å². The number of hydrogen-bond acceptors (Lipinski definition) is 8. The number of aromatic amines is 2. The number of nitriles is 2. The molecule has 0 atom stereocenters. The molecule has 0 aromatic carbocycles. The first kappa shape index (κ1) is 15.5. The Kier molecular flexibility index (Phi) is 5.53. The summed E-state index contributed by atoms with van der Waals surface area (Å²) in [5, 5.41) is 17.8. The highest BCUT2D eigenvalue weighted by Crippen LogP contribution is 1.97. The van der Waals surface area contributed by atoms with Crippen molar-refractivity contribution in [1.82, 2.24) is 8.75 Å². The number of esters is 2. The zero-order valence-electron chi connectivity index (χ0n) is 10.3. The van der Waals surface area contributed by atoms with Gasteiger partial charge in [-0.05, 0) is 23.1 Å². The van der Waals surface area contributed by atoms with Gasteiger partial charge < -0.3 is 9.47 Å². The van der Waals surface area contributed by atoms with Crippen molar-refractivity contribution >= 4 is 46.1 Å². The average molecular weight is 312 g/mol. The first-order chi connectivity index (χ1) is 9.58. The molecule has 1 aromatic rings. The molecular formula is C10H8N4O4S2. The molecule has 0 saturated heterocycles. The summed E-state index contributed by atoms with van der Waals surface area (Å²) in [5.41, 5.74) is -0.429. The van der Waals surface area contributed by atoms with Crippen molar-refractivity contribution in [1.29, 1.82) is 10.5 Å². The van der Waals surface area contributed by atoms with E-state index in [2.05, 4.69) is 18.2 Å². The van der Waals surface area contributed by atoms with Crippen LogP contribution in [0.2, 0.25) is 0 Å². The van der Waals surface area contributed by atoms with E-state index in [4.69, 9.17) is 10.5 Å². The molecule has 0 spiro atoms. The van der Waals surface area contributed by atoms with Gasteiger partial charge in [0.1, 0.15) is 21.5 Å². The van der Waals surface area contributed by atoms with E-state index in [1.165, 1.54) is 0 Å². The summed E-state index contributed by atoms with van der Waals surface area (Å²) in [7, 11) is 2.31. The number of ether oxygens (including phenoxy) is 2. The lowest BCUT2D eigenvalue weighted by atomic mass is 10.3. The first-order valence-electron chi connectivity index (χ1n) is 4.90. The molecule has 0 saturated carbocycles. The minimum Gasteiger partial charge on any atom is -0.465 e. The van der Waals surface area contributed by atoms with Crippen molar-refractivity contribution in [2.45, 2.75) is 0 Å². The van der Waals surface area contributed by atoms with Crippen LogP contribution in [0.3, 0.4) is 0 Å². The number of methoxy groups -OCH3 is 2. The van der Waals surface area contributed by atoms with Gasteiger partial charge in [-0.1, -0.05) is 0 Å². The van der Waals surface area contributed by atoms with E-state index in [1.54, 1.807) is 12.1 Å². The zero-order chi connectivity index (χ0) is 15.1. The lowest BCUT2D eigenvalue weighted by Crippen LogP contribution is -2.20. The molecule has 0 amide bonds. The number of nitrogens with one attached hydrogen (secondary N) is 2. The lowest BCUT2D eigenvalue weighted by Gasteiger charge is -1.97. The van der Waals surface area contributed by atoms with Gasteiger partial charge in [0.25, 0.3) is 0 Å². The summed E-state index contributed by atoms with van der Waals surface area (Å²) in [4.78, 5) is 22.7. The highest BCUT2D eigenvalue weighted by molar-refractivity contribution is 7.09. The highest BCUT2D eigenvalue weighted by Gasteiger charge is 2.13. The summed E-state index contributed by atoms with van der Waals surface area (Å²) < 4.78 is 14.7. The van der Waals surface area contributed by atoms with Crippen molar-refractivity contribution in [3.63, 3.8) is 0 Å². The van der Waals surface area contributed by atoms with Crippen LogP contribution in [0, 0.1) is 22.7 Å². The van der Waals surface area contributed by atoms with Gasteiger partial charge in [-0.15, -0.1) is 0 Å². The zero-order valence-corrected chi connectivity index (χ0v) is 12.0.